The number of ether oxygens (including phenoxy) is 1. The molecular weight excluding hydrogens is 366 g/mol. The van der Waals surface area contributed by atoms with Gasteiger partial charge in [-0.25, -0.2) is 14.8 Å². The van der Waals surface area contributed by atoms with Crippen molar-refractivity contribution >= 4 is 34.7 Å². The molecule has 3 N–H and O–H groups in total. The molecule has 0 aliphatic carbocycles. The van der Waals surface area contributed by atoms with E-state index in [1.165, 1.54) is 37.7 Å². The van der Waals surface area contributed by atoms with Crippen molar-refractivity contribution in [2.75, 3.05) is 17.7 Å². The van der Waals surface area contributed by atoms with E-state index in [-0.39, 0.29) is 22.9 Å². The summed E-state index contributed by atoms with van der Waals surface area (Å²) in [5, 5.41) is 26.3. The molecular formula is C18H15N5O5. The van der Waals surface area contributed by atoms with Crippen LogP contribution in [-0.2, 0) is 0 Å². The number of anilines is 4. The number of hydrogen-bond acceptors (Lipinski definition) is 8. The van der Waals surface area contributed by atoms with E-state index in [1.807, 2.05) is 0 Å². The number of para-hydroxylation sites is 2. The highest BCUT2D eigenvalue weighted by Gasteiger charge is 2.24. The molecule has 0 bridgehead atoms. The molecule has 28 heavy (non-hydrogen) atoms. The zero-order chi connectivity index (χ0) is 20.1. The molecule has 0 amide bonds. The predicted octanol–water partition coefficient (Wildman–Crippen LogP) is 3.58. The van der Waals surface area contributed by atoms with Crippen LogP contribution in [0.4, 0.5) is 28.7 Å². The summed E-state index contributed by atoms with van der Waals surface area (Å²) in [7, 11) is 1.49. The highest BCUT2D eigenvalue weighted by atomic mass is 16.6. The van der Waals surface area contributed by atoms with E-state index < -0.39 is 10.9 Å². The van der Waals surface area contributed by atoms with Crippen molar-refractivity contribution in [3.8, 4) is 5.75 Å². The lowest BCUT2D eigenvalue weighted by molar-refractivity contribution is -0.383. The van der Waals surface area contributed by atoms with Crippen LogP contribution in [0.15, 0.2) is 54.9 Å². The molecule has 0 saturated heterocycles. The number of nitro groups is 1. The highest BCUT2D eigenvalue weighted by Crippen LogP contribution is 2.35. The van der Waals surface area contributed by atoms with Gasteiger partial charge in [0.2, 0.25) is 11.6 Å². The third-order valence-corrected chi connectivity index (χ3v) is 3.76. The van der Waals surface area contributed by atoms with Crippen molar-refractivity contribution < 1.29 is 19.6 Å². The summed E-state index contributed by atoms with van der Waals surface area (Å²) in [6.45, 7) is 0. The summed E-state index contributed by atoms with van der Waals surface area (Å²) >= 11 is 0. The molecule has 1 heterocycles. The highest BCUT2D eigenvalue weighted by molar-refractivity contribution is 5.88. The number of carboxylic acid groups (broad SMARTS) is 1. The van der Waals surface area contributed by atoms with Crippen LogP contribution in [0.5, 0.6) is 5.75 Å². The fraction of sp³-hybridized carbons (Fsp3) is 0.0556. The summed E-state index contributed by atoms with van der Waals surface area (Å²) in [5.41, 5.74) is 0.676. The maximum absolute atomic E-state index is 11.7. The number of hydrogen-bond donors (Lipinski definition) is 3. The number of carboxylic acids is 1. The average Bonchev–Trinajstić information content (AvgIpc) is 2.68. The minimum absolute atomic E-state index is 0.0193. The van der Waals surface area contributed by atoms with Gasteiger partial charge in [0.15, 0.2) is 0 Å². The van der Waals surface area contributed by atoms with E-state index in [0.717, 1.165) is 0 Å². The van der Waals surface area contributed by atoms with Crippen LogP contribution in [-0.4, -0.2) is 33.1 Å². The Morgan fingerprint density at radius 1 is 1.07 bits per heavy atom. The SMILES string of the molecule is COc1ccccc1Nc1ncnc(Nc2ccc(C(=O)O)cc2)c1[N+](=O)[O-]. The Balaban J connectivity index is 1.95. The second-order valence-corrected chi connectivity index (χ2v) is 5.51. The van der Waals surface area contributed by atoms with Crippen molar-refractivity contribution in [2.45, 2.75) is 0 Å². The van der Waals surface area contributed by atoms with Crippen molar-refractivity contribution in [1.29, 1.82) is 0 Å². The largest absolute Gasteiger partial charge is 0.495 e. The second kappa shape index (κ2) is 7.99. The first-order valence-corrected chi connectivity index (χ1v) is 7.99. The van der Waals surface area contributed by atoms with Crippen LogP contribution in [0.3, 0.4) is 0 Å². The van der Waals surface area contributed by atoms with Gasteiger partial charge in [0.1, 0.15) is 12.1 Å². The molecule has 0 unspecified atom stereocenters. The summed E-state index contributed by atoms with van der Waals surface area (Å²) in [4.78, 5) is 29.9. The molecule has 0 radical (unpaired) electrons. The Labute approximate surface area is 159 Å². The Morgan fingerprint density at radius 3 is 2.32 bits per heavy atom. The van der Waals surface area contributed by atoms with Crippen LogP contribution in [0, 0.1) is 10.1 Å². The number of aromatic nitrogens is 2. The van der Waals surface area contributed by atoms with Gasteiger partial charge in [-0.3, -0.25) is 10.1 Å². The third kappa shape index (κ3) is 3.96. The van der Waals surface area contributed by atoms with Crippen LogP contribution in [0.2, 0.25) is 0 Å². The lowest BCUT2D eigenvalue weighted by atomic mass is 10.2. The summed E-state index contributed by atoms with van der Waals surface area (Å²) < 4.78 is 5.23. The van der Waals surface area contributed by atoms with Crippen LogP contribution in [0.25, 0.3) is 0 Å². The minimum Gasteiger partial charge on any atom is -0.495 e. The molecule has 10 nitrogen and oxygen atoms in total. The number of carbonyl (C=O) groups is 1. The smallest absolute Gasteiger partial charge is 0.353 e. The van der Waals surface area contributed by atoms with Gasteiger partial charge in [-0.2, -0.15) is 0 Å². The van der Waals surface area contributed by atoms with Crippen molar-refractivity contribution in [1.82, 2.24) is 9.97 Å². The number of rotatable bonds is 7. The standard InChI is InChI=1S/C18H15N5O5/c1-28-14-5-3-2-4-13(14)22-17-15(23(26)27)16(19-10-20-17)21-12-8-6-11(7-9-12)18(24)25/h2-10H,1H3,(H,24,25)(H2,19,20,21,22). The molecule has 142 valence electrons. The molecule has 0 atom stereocenters. The van der Waals surface area contributed by atoms with Gasteiger partial charge >= 0.3 is 11.7 Å². The van der Waals surface area contributed by atoms with Gasteiger partial charge in [-0.1, -0.05) is 12.1 Å². The first-order valence-electron chi connectivity index (χ1n) is 7.99. The molecule has 1 aromatic heterocycles. The zero-order valence-corrected chi connectivity index (χ0v) is 14.6. The molecule has 0 aliphatic rings. The molecule has 3 rings (SSSR count). The number of benzene rings is 2. The maximum atomic E-state index is 11.7. The second-order valence-electron chi connectivity index (χ2n) is 5.51. The Morgan fingerprint density at radius 2 is 1.71 bits per heavy atom. The number of nitrogens with one attached hydrogen (secondary N) is 2. The average molecular weight is 381 g/mol. The van der Waals surface area contributed by atoms with Crippen LogP contribution < -0.4 is 15.4 Å². The van der Waals surface area contributed by atoms with Gasteiger partial charge in [0.05, 0.1) is 23.3 Å². The predicted molar refractivity (Wildman–Crippen MR) is 102 cm³/mol. The summed E-state index contributed by atoms with van der Waals surface area (Å²) in [6, 6.07) is 12.7. The van der Waals surface area contributed by atoms with Crippen LogP contribution in [0.1, 0.15) is 10.4 Å². The van der Waals surface area contributed by atoms with E-state index in [2.05, 4.69) is 20.6 Å². The molecule has 0 spiro atoms. The van der Waals surface area contributed by atoms with Gasteiger partial charge in [0, 0.05) is 5.69 Å². The van der Waals surface area contributed by atoms with E-state index in [0.29, 0.717) is 17.1 Å². The van der Waals surface area contributed by atoms with E-state index >= 15 is 0 Å². The molecule has 3 aromatic rings. The normalized spacial score (nSPS) is 10.2. The third-order valence-electron chi connectivity index (χ3n) is 3.76. The van der Waals surface area contributed by atoms with Gasteiger partial charge in [0.25, 0.3) is 0 Å². The maximum Gasteiger partial charge on any atom is 0.353 e. The van der Waals surface area contributed by atoms with Crippen LogP contribution >= 0.6 is 0 Å². The topological polar surface area (TPSA) is 140 Å². The van der Waals surface area contributed by atoms with E-state index in [9.17, 15) is 14.9 Å². The Kier molecular flexibility index (Phi) is 5.30. The fourth-order valence-electron chi connectivity index (χ4n) is 2.44. The Bertz CT molecular complexity index is 1020. The first-order chi connectivity index (χ1) is 13.5. The van der Waals surface area contributed by atoms with Crippen molar-refractivity contribution in [2.24, 2.45) is 0 Å². The summed E-state index contributed by atoms with van der Waals surface area (Å²) in [5.74, 6) is -0.633. The molecule has 2 aromatic carbocycles. The minimum atomic E-state index is -1.07. The van der Waals surface area contributed by atoms with Crippen molar-refractivity contribution in [3.05, 3.63) is 70.5 Å². The number of nitrogens with zero attached hydrogens (tertiary/aromatic N) is 3. The Hall–Kier alpha value is -4.21. The number of methoxy groups -OCH3 is 1. The molecule has 0 fully saturated rings. The van der Waals surface area contributed by atoms with E-state index in [1.54, 1.807) is 24.3 Å². The molecule has 0 aliphatic heterocycles. The first kappa shape index (κ1) is 18.6. The fourth-order valence-corrected chi connectivity index (χ4v) is 2.44. The molecule has 10 heteroatoms. The zero-order valence-electron chi connectivity index (χ0n) is 14.6. The molecule has 0 saturated carbocycles. The lowest BCUT2D eigenvalue weighted by Gasteiger charge is -2.12. The summed E-state index contributed by atoms with van der Waals surface area (Å²) in [6.07, 6.45) is 1.18. The quantitative estimate of drug-likeness (QED) is 0.414. The monoisotopic (exact) mass is 381 g/mol. The lowest BCUT2D eigenvalue weighted by Crippen LogP contribution is -2.06. The van der Waals surface area contributed by atoms with Gasteiger partial charge < -0.3 is 20.5 Å². The van der Waals surface area contributed by atoms with Crippen molar-refractivity contribution in [3.63, 3.8) is 0 Å². The number of aromatic carboxylic acids is 1. The van der Waals surface area contributed by atoms with Gasteiger partial charge in [-0.05, 0) is 36.4 Å². The van der Waals surface area contributed by atoms with Gasteiger partial charge in [-0.15, -0.1) is 0 Å². The van der Waals surface area contributed by atoms with E-state index in [4.69, 9.17) is 9.84 Å².